The van der Waals surface area contributed by atoms with E-state index in [2.05, 4.69) is 10.2 Å². The molecule has 186 valence electrons. The van der Waals surface area contributed by atoms with Crippen LogP contribution < -0.4 is 5.32 Å². The van der Waals surface area contributed by atoms with Gasteiger partial charge in [-0.2, -0.15) is 0 Å². The Balaban J connectivity index is 1.13. The van der Waals surface area contributed by atoms with Crippen LogP contribution in [0.3, 0.4) is 0 Å². The Labute approximate surface area is 198 Å². The van der Waals surface area contributed by atoms with Crippen LogP contribution in [0, 0.1) is 29.6 Å². The molecule has 2 N–H and O–H groups in total. The molecule has 2 heterocycles. The highest BCUT2D eigenvalue weighted by Gasteiger charge is 2.49. The van der Waals surface area contributed by atoms with Gasteiger partial charge < -0.3 is 20.1 Å². The predicted molar refractivity (Wildman–Crippen MR) is 125 cm³/mol. The highest BCUT2D eigenvalue weighted by Crippen LogP contribution is 2.53. The number of aliphatic hydroxyl groups excluding tert-OH is 1. The Morgan fingerprint density at radius 2 is 1.58 bits per heavy atom. The molecule has 0 aromatic heterocycles. The standard InChI is InChI=1S/C26H43N3O4/c1-26(2,3)33-25(32)28-6-4-16(5-7-28)14-29-15-21(30)13-22(29)24(31)27-23-19-9-17-8-18(11-19)12-20(23)10-17/h16-23,30H,4-15H2,1-3H3,(H,27,31)/t17?,18?,19?,20?,21-,22-,23?/m1/s1. The number of rotatable bonds is 4. The average molecular weight is 462 g/mol. The van der Waals surface area contributed by atoms with Crippen LogP contribution in [0.5, 0.6) is 0 Å². The zero-order valence-corrected chi connectivity index (χ0v) is 20.7. The number of hydrogen-bond donors (Lipinski definition) is 2. The number of aliphatic hydroxyl groups is 1. The summed E-state index contributed by atoms with van der Waals surface area (Å²) >= 11 is 0. The van der Waals surface area contributed by atoms with Crippen molar-refractivity contribution < 1.29 is 19.4 Å². The second kappa shape index (κ2) is 9.03. The zero-order valence-electron chi connectivity index (χ0n) is 20.7. The molecule has 2 saturated heterocycles. The van der Waals surface area contributed by atoms with Crippen molar-refractivity contribution in [3.8, 4) is 0 Å². The smallest absolute Gasteiger partial charge is 0.410 e. The Bertz CT molecular complexity index is 714. The lowest BCUT2D eigenvalue weighted by atomic mass is 9.54. The van der Waals surface area contributed by atoms with Crippen molar-refractivity contribution in [1.82, 2.24) is 15.1 Å². The van der Waals surface area contributed by atoms with E-state index in [9.17, 15) is 14.7 Å². The SMILES string of the molecule is CC(C)(C)OC(=O)N1CCC(CN2C[C@H](O)C[C@@H]2C(=O)NC2C3CC4CC(C3)CC2C4)CC1. The van der Waals surface area contributed by atoms with Gasteiger partial charge in [0.15, 0.2) is 0 Å². The van der Waals surface area contributed by atoms with E-state index in [1.54, 1.807) is 4.90 Å². The van der Waals surface area contributed by atoms with Crippen molar-refractivity contribution in [2.45, 2.75) is 95.9 Å². The molecule has 4 aliphatic carbocycles. The summed E-state index contributed by atoms with van der Waals surface area (Å²) in [6.07, 6.45) is 8.31. The lowest BCUT2D eigenvalue weighted by molar-refractivity contribution is -0.129. The molecular formula is C26H43N3O4. The third kappa shape index (κ3) is 5.19. The van der Waals surface area contributed by atoms with Crippen LogP contribution in [0.25, 0.3) is 0 Å². The molecule has 0 aromatic rings. The lowest BCUT2D eigenvalue weighted by Gasteiger charge is -2.54. The number of carbonyl (C=O) groups is 2. The van der Waals surface area contributed by atoms with Crippen LogP contribution in [0.1, 0.15) is 72.1 Å². The minimum absolute atomic E-state index is 0.134. The van der Waals surface area contributed by atoms with Crippen molar-refractivity contribution in [2.75, 3.05) is 26.2 Å². The molecule has 0 spiro atoms. The summed E-state index contributed by atoms with van der Waals surface area (Å²) in [4.78, 5) is 29.7. The maximum absolute atomic E-state index is 13.4. The molecule has 7 nitrogen and oxygen atoms in total. The molecule has 6 fully saturated rings. The van der Waals surface area contributed by atoms with Gasteiger partial charge in [0.25, 0.3) is 0 Å². The number of nitrogens with one attached hydrogen (secondary N) is 1. The van der Waals surface area contributed by atoms with Gasteiger partial charge in [-0.15, -0.1) is 0 Å². The largest absolute Gasteiger partial charge is 0.444 e. The number of carbonyl (C=O) groups excluding carboxylic acids is 2. The first-order valence-corrected chi connectivity index (χ1v) is 13.3. The average Bonchev–Trinajstić information content (AvgIpc) is 3.09. The molecule has 4 saturated carbocycles. The van der Waals surface area contributed by atoms with Gasteiger partial charge in [-0.3, -0.25) is 9.69 Å². The molecule has 0 unspecified atom stereocenters. The summed E-state index contributed by atoms with van der Waals surface area (Å²) < 4.78 is 5.51. The Hall–Kier alpha value is -1.34. The number of nitrogens with zero attached hydrogens (tertiary/aromatic N) is 2. The lowest BCUT2D eigenvalue weighted by Crippen LogP contribution is -2.58. The molecule has 0 radical (unpaired) electrons. The molecule has 7 heteroatoms. The molecule has 0 aromatic carbocycles. The first-order chi connectivity index (χ1) is 15.6. The number of hydrogen-bond acceptors (Lipinski definition) is 5. The first kappa shape index (κ1) is 23.4. The van der Waals surface area contributed by atoms with Crippen molar-refractivity contribution in [3.05, 3.63) is 0 Å². The Kier molecular flexibility index (Phi) is 6.40. The highest BCUT2D eigenvalue weighted by atomic mass is 16.6. The van der Waals surface area contributed by atoms with Gasteiger partial charge in [-0.25, -0.2) is 4.79 Å². The van der Waals surface area contributed by atoms with E-state index < -0.39 is 11.7 Å². The van der Waals surface area contributed by atoms with Gasteiger partial charge in [-0.05, 0) is 102 Å². The van der Waals surface area contributed by atoms with E-state index in [0.717, 1.165) is 31.2 Å². The van der Waals surface area contributed by atoms with Crippen molar-refractivity contribution in [3.63, 3.8) is 0 Å². The Morgan fingerprint density at radius 1 is 0.970 bits per heavy atom. The number of likely N-dealkylation sites (tertiary alicyclic amines) is 2. The summed E-state index contributed by atoms with van der Waals surface area (Å²) in [5, 5.41) is 13.9. The van der Waals surface area contributed by atoms with Gasteiger partial charge in [0.05, 0.1) is 12.1 Å². The van der Waals surface area contributed by atoms with Gasteiger partial charge in [-0.1, -0.05) is 0 Å². The van der Waals surface area contributed by atoms with Crippen LogP contribution in [0.15, 0.2) is 0 Å². The van der Waals surface area contributed by atoms with Crippen molar-refractivity contribution in [1.29, 1.82) is 0 Å². The maximum Gasteiger partial charge on any atom is 0.410 e. The molecule has 6 rings (SSSR count). The van der Waals surface area contributed by atoms with E-state index in [1.165, 1.54) is 32.1 Å². The third-order valence-electron chi connectivity index (χ3n) is 8.98. The first-order valence-electron chi connectivity index (χ1n) is 13.3. The Morgan fingerprint density at radius 3 is 2.15 bits per heavy atom. The molecular weight excluding hydrogens is 418 g/mol. The fourth-order valence-electron chi connectivity index (χ4n) is 7.73. The zero-order chi connectivity index (χ0) is 23.3. The number of amides is 2. The second-order valence-electron chi connectivity index (χ2n) is 12.7. The van der Waals surface area contributed by atoms with E-state index in [1.807, 2.05) is 20.8 Å². The molecule has 2 atom stereocenters. The van der Waals surface area contributed by atoms with Gasteiger partial charge in [0, 0.05) is 32.2 Å². The van der Waals surface area contributed by atoms with E-state index in [0.29, 0.717) is 49.9 Å². The van der Waals surface area contributed by atoms with Crippen LogP contribution in [0.4, 0.5) is 4.79 Å². The summed E-state index contributed by atoms with van der Waals surface area (Å²) in [7, 11) is 0. The van der Waals surface area contributed by atoms with Crippen LogP contribution >= 0.6 is 0 Å². The van der Waals surface area contributed by atoms with Gasteiger partial charge >= 0.3 is 6.09 Å². The summed E-state index contributed by atoms with van der Waals surface area (Å²) in [6, 6.07) is 0.128. The molecule has 2 amide bonds. The summed E-state index contributed by atoms with van der Waals surface area (Å²) in [5.41, 5.74) is -0.475. The number of piperidine rings is 1. The quantitative estimate of drug-likeness (QED) is 0.673. The van der Waals surface area contributed by atoms with Crippen molar-refractivity contribution >= 4 is 12.0 Å². The second-order valence-corrected chi connectivity index (χ2v) is 12.7. The molecule has 33 heavy (non-hydrogen) atoms. The minimum atomic E-state index is -0.475. The summed E-state index contributed by atoms with van der Waals surface area (Å²) in [5.74, 6) is 3.71. The fraction of sp³-hybridized carbons (Fsp3) is 0.923. The summed E-state index contributed by atoms with van der Waals surface area (Å²) in [6.45, 7) is 8.46. The van der Waals surface area contributed by atoms with Crippen molar-refractivity contribution in [2.24, 2.45) is 29.6 Å². The van der Waals surface area contributed by atoms with Gasteiger partial charge in [0.2, 0.25) is 5.91 Å². The predicted octanol–water partition coefficient (Wildman–Crippen LogP) is 3.01. The third-order valence-corrected chi connectivity index (χ3v) is 8.98. The fourth-order valence-corrected chi connectivity index (χ4v) is 7.73. The van der Waals surface area contributed by atoms with Gasteiger partial charge in [0.1, 0.15) is 5.60 Å². The monoisotopic (exact) mass is 461 g/mol. The number of ether oxygens (including phenoxy) is 1. The molecule has 6 aliphatic rings. The van der Waals surface area contributed by atoms with Crippen LogP contribution in [0.2, 0.25) is 0 Å². The highest BCUT2D eigenvalue weighted by molar-refractivity contribution is 5.82. The van der Waals surface area contributed by atoms with E-state index in [4.69, 9.17) is 4.74 Å². The van der Waals surface area contributed by atoms with Crippen LogP contribution in [-0.2, 0) is 9.53 Å². The number of β-amino-alcohol motifs (C(OH)–C–C–N with tert-alkyl or cyclic N) is 1. The molecule has 2 aliphatic heterocycles. The van der Waals surface area contributed by atoms with E-state index in [-0.39, 0.29) is 18.0 Å². The normalized spacial score (nSPS) is 39.2. The maximum atomic E-state index is 13.4. The minimum Gasteiger partial charge on any atom is -0.444 e. The topological polar surface area (TPSA) is 82.1 Å². The molecule has 4 bridgehead atoms. The van der Waals surface area contributed by atoms with Crippen LogP contribution in [-0.4, -0.2) is 76.9 Å². The van der Waals surface area contributed by atoms with E-state index >= 15 is 0 Å².